The van der Waals surface area contributed by atoms with E-state index in [9.17, 15) is 4.39 Å². The maximum Gasteiger partial charge on any atom is 0.213 e. The molecule has 2 aromatic heterocycles. The smallest absolute Gasteiger partial charge is 0.213 e. The quantitative estimate of drug-likeness (QED) is 0.437. The summed E-state index contributed by atoms with van der Waals surface area (Å²) in [6, 6.07) is 18.1. The first-order valence-corrected chi connectivity index (χ1v) is 8.97. The van der Waals surface area contributed by atoms with Crippen molar-refractivity contribution in [3.05, 3.63) is 66.2 Å². The van der Waals surface area contributed by atoms with E-state index in [-0.39, 0.29) is 5.95 Å². The van der Waals surface area contributed by atoms with Gasteiger partial charge in [-0.05, 0) is 30.0 Å². The Bertz CT molecular complexity index is 1060. The SMILES string of the molecule is Fc1cc2c([nH]c3cccc(-c4ccccc4)c32)c(C2CCCC2)n1. The zero-order valence-corrected chi connectivity index (χ0v) is 13.9. The lowest BCUT2D eigenvalue weighted by Crippen LogP contribution is -2.00. The van der Waals surface area contributed by atoms with Crippen molar-refractivity contribution < 1.29 is 4.39 Å². The highest BCUT2D eigenvalue weighted by Crippen LogP contribution is 2.40. The molecule has 3 heteroatoms. The Balaban J connectivity index is 1.85. The number of rotatable bonds is 2. The molecule has 2 aromatic carbocycles. The zero-order valence-electron chi connectivity index (χ0n) is 13.9. The lowest BCUT2D eigenvalue weighted by Gasteiger charge is -2.10. The minimum Gasteiger partial charge on any atom is -0.353 e. The van der Waals surface area contributed by atoms with Crippen LogP contribution in [0.4, 0.5) is 4.39 Å². The fraction of sp³-hybridized carbons (Fsp3) is 0.227. The van der Waals surface area contributed by atoms with Gasteiger partial charge in [-0.2, -0.15) is 4.39 Å². The lowest BCUT2D eigenvalue weighted by molar-refractivity contribution is 0.568. The molecule has 124 valence electrons. The van der Waals surface area contributed by atoms with Crippen LogP contribution >= 0.6 is 0 Å². The van der Waals surface area contributed by atoms with E-state index in [1.165, 1.54) is 12.8 Å². The first-order chi connectivity index (χ1) is 12.3. The maximum absolute atomic E-state index is 14.4. The molecule has 0 aliphatic heterocycles. The summed E-state index contributed by atoms with van der Waals surface area (Å²) in [5.41, 5.74) is 5.23. The molecule has 5 rings (SSSR count). The Labute approximate surface area is 145 Å². The van der Waals surface area contributed by atoms with Crippen molar-refractivity contribution in [3.8, 4) is 11.1 Å². The average molecular weight is 330 g/mol. The molecule has 1 aliphatic rings. The number of aromatic nitrogens is 2. The number of hydrogen-bond acceptors (Lipinski definition) is 1. The highest BCUT2D eigenvalue weighted by molar-refractivity contribution is 6.14. The van der Waals surface area contributed by atoms with Crippen LogP contribution in [-0.4, -0.2) is 9.97 Å². The van der Waals surface area contributed by atoms with E-state index in [2.05, 4.69) is 40.3 Å². The summed E-state index contributed by atoms with van der Waals surface area (Å²) in [5, 5.41) is 2.04. The Morgan fingerprint density at radius 3 is 2.56 bits per heavy atom. The second-order valence-electron chi connectivity index (χ2n) is 6.95. The molecule has 0 unspecified atom stereocenters. The van der Waals surface area contributed by atoms with Crippen LogP contribution in [0.5, 0.6) is 0 Å². The number of aromatic amines is 1. The van der Waals surface area contributed by atoms with Gasteiger partial charge in [-0.3, -0.25) is 0 Å². The first kappa shape index (κ1) is 14.6. The van der Waals surface area contributed by atoms with E-state index < -0.39 is 0 Å². The fourth-order valence-corrected chi connectivity index (χ4v) is 4.30. The van der Waals surface area contributed by atoms with Gasteiger partial charge in [0.15, 0.2) is 0 Å². The monoisotopic (exact) mass is 330 g/mol. The van der Waals surface area contributed by atoms with Crippen LogP contribution in [0, 0.1) is 5.95 Å². The number of hydrogen-bond donors (Lipinski definition) is 1. The van der Waals surface area contributed by atoms with Gasteiger partial charge in [0, 0.05) is 28.3 Å². The maximum atomic E-state index is 14.4. The topological polar surface area (TPSA) is 28.7 Å². The Kier molecular flexibility index (Phi) is 3.34. The van der Waals surface area contributed by atoms with E-state index in [0.717, 1.165) is 51.5 Å². The van der Waals surface area contributed by atoms with Crippen LogP contribution in [-0.2, 0) is 0 Å². The molecule has 0 radical (unpaired) electrons. The second-order valence-corrected chi connectivity index (χ2v) is 6.95. The van der Waals surface area contributed by atoms with Gasteiger partial charge in [0.2, 0.25) is 5.95 Å². The van der Waals surface area contributed by atoms with E-state index in [1.54, 1.807) is 6.07 Å². The minimum atomic E-state index is -0.377. The summed E-state index contributed by atoms with van der Waals surface area (Å²) < 4.78 is 14.4. The molecule has 0 spiro atoms. The molecule has 0 bridgehead atoms. The molecule has 4 aromatic rings. The number of H-pyrrole nitrogens is 1. The molecule has 1 aliphatic carbocycles. The molecule has 2 nitrogen and oxygen atoms in total. The van der Waals surface area contributed by atoms with Crippen LogP contribution in [0.2, 0.25) is 0 Å². The van der Waals surface area contributed by atoms with E-state index in [4.69, 9.17) is 0 Å². The van der Waals surface area contributed by atoms with Crippen LogP contribution < -0.4 is 0 Å². The van der Waals surface area contributed by atoms with Gasteiger partial charge in [-0.15, -0.1) is 0 Å². The highest BCUT2D eigenvalue weighted by atomic mass is 19.1. The average Bonchev–Trinajstić information content (AvgIpc) is 3.29. The third-order valence-electron chi connectivity index (χ3n) is 5.44. The molecule has 2 heterocycles. The summed E-state index contributed by atoms with van der Waals surface area (Å²) in [6.07, 6.45) is 4.62. The van der Waals surface area contributed by atoms with Crippen molar-refractivity contribution in [2.45, 2.75) is 31.6 Å². The number of halogens is 1. The number of fused-ring (bicyclic) bond motifs is 3. The summed E-state index contributed by atoms with van der Waals surface area (Å²) in [7, 11) is 0. The summed E-state index contributed by atoms with van der Waals surface area (Å²) in [5.74, 6) is -0.00963. The summed E-state index contributed by atoms with van der Waals surface area (Å²) >= 11 is 0. The highest BCUT2D eigenvalue weighted by Gasteiger charge is 2.24. The van der Waals surface area contributed by atoms with Gasteiger partial charge in [0.05, 0.1) is 11.2 Å². The Hall–Kier alpha value is -2.68. The van der Waals surface area contributed by atoms with Crippen molar-refractivity contribution in [1.82, 2.24) is 9.97 Å². The van der Waals surface area contributed by atoms with Gasteiger partial charge >= 0.3 is 0 Å². The van der Waals surface area contributed by atoms with Gasteiger partial charge < -0.3 is 4.98 Å². The Morgan fingerprint density at radius 2 is 1.76 bits per heavy atom. The van der Waals surface area contributed by atoms with E-state index in [0.29, 0.717) is 5.92 Å². The van der Waals surface area contributed by atoms with Gasteiger partial charge in [-0.25, -0.2) is 4.98 Å². The lowest BCUT2D eigenvalue weighted by atomic mass is 9.97. The third-order valence-corrected chi connectivity index (χ3v) is 5.44. The van der Waals surface area contributed by atoms with Crippen molar-refractivity contribution >= 4 is 21.8 Å². The number of nitrogens with zero attached hydrogens (tertiary/aromatic N) is 1. The van der Waals surface area contributed by atoms with Gasteiger partial charge in [0.25, 0.3) is 0 Å². The molecular weight excluding hydrogens is 311 g/mol. The molecule has 0 amide bonds. The molecule has 25 heavy (non-hydrogen) atoms. The molecule has 1 fully saturated rings. The van der Waals surface area contributed by atoms with Crippen molar-refractivity contribution in [1.29, 1.82) is 0 Å². The standard InChI is InChI=1S/C22H19FN2/c23-19-13-17-20-16(14-7-2-1-3-8-14)11-6-12-18(20)24-22(17)21(25-19)15-9-4-5-10-15/h1-3,6-8,11-13,15,24H,4-5,9-10H2. The zero-order chi connectivity index (χ0) is 16.8. The summed E-state index contributed by atoms with van der Waals surface area (Å²) in [6.45, 7) is 0. The largest absolute Gasteiger partial charge is 0.353 e. The molecule has 0 saturated heterocycles. The van der Waals surface area contributed by atoms with Crippen LogP contribution in [0.25, 0.3) is 32.9 Å². The van der Waals surface area contributed by atoms with E-state index in [1.807, 2.05) is 18.2 Å². The minimum absolute atomic E-state index is 0.367. The molecule has 1 N–H and O–H groups in total. The van der Waals surface area contributed by atoms with Crippen molar-refractivity contribution in [2.75, 3.05) is 0 Å². The summed E-state index contributed by atoms with van der Waals surface area (Å²) in [4.78, 5) is 7.81. The predicted octanol–water partition coefficient (Wildman–Crippen LogP) is 6.18. The first-order valence-electron chi connectivity index (χ1n) is 8.97. The van der Waals surface area contributed by atoms with Crippen molar-refractivity contribution in [2.24, 2.45) is 0 Å². The number of benzene rings is 2. The number of pyridine rings is 1. The van der Waals surface area contributed by atoms with Crippen LogP contribution in [0.3, 0.4) is 0 Å². The molecule has 1 saturated carbocycles. The second kappa shape index (κ2) is 5.69. The Morgan fingerprint density at radius 1 is 0.960 bits per heavy atom. The third kappa shape index (κ3) is 2.34. The predicted molar refractivity (Wildman–Crippen MR) is 100 cm³/mol. The molecular formula is C22H19FN2. The van der Waals surface area contributed by atoms with Crippen LogP contribution in [0.15, 0.2) is 54.6 Å². The van der Waals surface area contributed by atoms with Crippen molar-refractivity contribution in [3.63, 3.8) is 0 Å². The normalized spacial score (nSPS) is 15.4. The molecule has 0 atom stereocenters. The van der Waals surface area contributed by atoms with Gasteiger partial charge in [0.1, 0.15) is 0 Å². The number of nitrogens with one attached hydrogen (secondary N) is 1. The fourth-order valence-electron chi connectivity index (χ4n) is 4.30. The van der Waals surface area contributed by atoms with E-state index >= 15 is 0 Å². The van der Waals surface area contributed by atoms with Crippen LogP contribution in [0.1, 0.15) is 37.3 Å². The van der Waals surface area contributed by atoms with Gasteiger partial charge in [-0.1, -0.05) is 55.3 Å².